The third-order valence-corrected chi connectivity index (χ3v) is 7.57. The molecular weight excluding hydrogens is 388 g/mol. The molecule has 1 saturated heterocycles. The molecule has 162 valence electrons. The van der Waals surface area contributed by atoms with E-state index < -0.39 is 0 Å². The summed E-state index contributed by atoms with van der Waals surface area (Å²) in [6, 6.07) is 10.3. The van der Waals surface area contributed by atoms with Crippen LogP contribution in [0.15, 0.2) is 34.9 Å². The van der Waals surface area contributed by atoms with Gasteiger partial charge in [0.2, 0.25) is 5.89 Å². The average Bonchev–Trinajstić information content (AvgIpc) is 3.19. The summed E-state index contributed by atoms with van der Waals surface area (Å²) < 4.78 is 7.99. The van der Waals surface area contributed by atoms with E-state index in [2.05, 4.69) is 41.9 Å². The van der Waals surface area contributed by atoms with Gasteiger partial charge in [-0.15, -0.1) is 10.2 Å². The van der Waals surface area contributed by atoms with Crippen molar-refractivity contribution in [1.29, 1.82) is 0 Å². The van der Waals surface area contributed by atoms with Gasteiger partial charge in [0.25, 0.3) is 0 Å². The third kappa shape index (κ3) is 3.80. The van der Waals surface area contributed by atoms with Crippen molar-refractivity contribution in [3.8, 4) is 0 Å². The Morgan fingerprint density at radius 2 is 1.87 bits per heavy atom. The molecule has 1 saturated carbocycles. The topological polar surface area (TPSA) is 72.9 Å². The Balaban J connectivity index is 1.05. The number of hydrogen-bond donors (Lipinski definition) is 0. The molecule has 1 unspecified atom stereocenters. The summed E-state index contributed by atoms with van der Waals surface area (Å²) in [7, 11) is 0. The van der Waals surface area contributed by atoms with Crippen LogP contribution in [0.2, 0.25) is 0 Å². The van der Waals surface area contributed by atoms with Gasteiger partial charge in [-0.3, -0.25) is 4.90 Å². The number of nitrogens with zero attached hydrogens (tertiary/aromatic N) is 6. The maximum atomic E-state index is 5.54. The molecule has 2 aromatic heterocycles. The first-order chi connectivity index (χ1) is 15.3. The van der Waals surface area contributed by atoms with E-state index in [9.17, 15) is 0 Å². The second-order valence-electron chi connectivity index (χ2n) is 9.60. The maximum Gasteiger partial charge on any atom is 0.240 e. The zero-order valence-corrected chi connectivity index (χ0v) is 18.0. The predicted molar refractivity (Wildman–Crippen MR) is 115 cm³/mol. The Labute approximate surface area is 182 Å². The van der Waals surface area contributed by atoms with E-state index in [-0.39, 0.29) is 0 Å². The predicted octanol–water partition coefficient (Wildman–Crippen LogP) is 3.75. The van der Waals surface area contributed by atoms with Crippen LogP contribution in [0.4, 0.5) is 0 Å². The summed E-state index contributed by atoms with van der Waals surface area (Å²) in [6.07, 6.45) is 9.38. The van der Waals surface area contributed by atoms with Crippen LogP contribution in [-0.2, 0) is 25.9 Å². The van der Waals surface area contributed by atoms with Crippen LogP contribution in [0.25, 0.3) is 0 Å². The number of piperidine rings is 1. The van der Waals surface area contributed by atoms with Crippen molar-refractivity contribution < 1.29 is 4.52 Å². The minimum absolute atomic E-state index is 0.444. The van der Waals surface area contributed by atoms with E-state index >= 15 is 0 Å². The number of benzene rings is 1. The van der Waals surface area contributed by atoms with Crippen LogP contribution in [-0.4, -0.2) is 42.9 Å². The summed E-state index contributed by atoms with van der Waals surface area (Å²) in [5.74, 6) is 4.60. The minimum atomic E-state index is 0.444. The van der Waals surface area contributed by atoms with Crippen LogP contribution in [0.1, 0.15) is 73.4 Å². The Hall–Kier alpha value is -2.54. The lowest BCUT2D eigenvalue weighted by molar-refractivity contribution is 0.145. The molecular formula is C24H30N6O. The Bertz CT molecular complexity index is 1030. The largest absolute Gasteiger partial charge is 0.338 e. The van der Waals surface area contributed by atoms with Crippen LogP contribution in [0, 0.1) is 5.41 Å². The van der Waals surface area contributed by atoms with Gasteiger partial charge in [0, 0.05) is 25.3 Å². The highest BCUT2D eigenvalue weighted by Crippen LogP contribution is 2.64. The van der Waals surface area contributed by atoms with Crippen molar-refractivity contribution in [2.75, 3.05) is 13.1 Å². The van der Waals surface area contributed by atoms with E-state index in [0.717, 1.165) is 50.7 Å². The molecule has 1 spiro atoms. The summed E-state index contributed by atoms with van der Waals surface area (Å²) in [5.41, 5.74) is 1.65. The highest BCUT2D eigenvalue weighted by atomic mass is 16.5. The first kappa shape index (κ1) is 19.2. The fourth-order valence-corrected chi connectivity index (χ4v) is 5.58. The van der Waals surface area contributed by atoms with E-state index in [1.807, 2.05) is 18.2 Å². The Kier molecular flexibility index (Phi) is 4.86. The number of likely N-dealkylation sites (tertiary alicyclic amines) is 1. The van der Waals surface area contributed by atoms with Crippen molar-refractivity contribution in [2.24, 2.45) is 5.41 Å². The normalized spacial score (nSPS) is 22.9. The molecule has 3 aromatic rings. The molecule has 1 aliphatic carbocycles. The minimum Gasteiger partial charge on any atom is -0.338 e. The van der Waals surface area contributed by atoms with E-state index in [4.69, 9.17) is 4.52 Å². The first-order valence-electron chi connectivity index (χ1n) is 11.8. The molecule has 0 radical (unpaired) electrons. The lowest BCUT2D eigenvalue weighted by Gasteiger charge is -2.31. The molecule has 4 heterocycles. The van der Waals surface area contributed by atoms with Crippen molar-refractivity contribution in [3.63, 3.8) is 0 Å². The molecule has 31 heavy (non-hydrogen) atoms. The molecule has 1 atom stereocenters. The van der Waals surface area contributed by atoms with Gasteiger partial charge in [-0.25, -0.2) is 0 Å². The monoisotopic (exact) mass is 418 g/mol. The van der Waals surface area contributed by atoms with Gasteiger partial charge in [-0.1, -0.05) is 41.9 Å². The van der Waals surface area contributed by atoms with Crippen molar-refractivity contribution in [2.45, 2.75) is 70.4 Å². The smallest absolute Gasteiger partial charge is 0.240 e. The summed E-state index contributed by atoms with van der Waals surface area (Å²) in [4.78, 5) is 7.09. The zero-order valence-electron chi connectivity index (χ0n) is 18.0. The van der Waals surface area contributed by atoms with Crippen molar-refractivity contribution >= 4 is 0 Å². The summed E-state index contributed by atoms with van der Waals surface area (Å²) in [5, 5.41) is 13.4. The standard InChI is InChI=1S/C24H30N6O/c1-3-7-18(8-4-1)15-20-25-22(31-28-20)17-29-13-10-24(11-14-29)16-19(24)23-27-26-21-9-5-2-6-12-30(21)23/h1,3-4,7-8,19H,2,5-6,9-17H2. The van der Waals surface area contributed by atoms with Gasteiger partial charge in [-0.2, -0.15) is 4.98 Å². The van der Waals surface area contributed by atoms with Gasteiger partial charge in [0.05, 0.1) is 6.54 Å². The van der Waals surface area contributed by atoms with Crippen molar-refractivity contribution in [3.05, 3.63) is 59.3 Å². The fraction of sp³-hybridized carbons (Fsp3) is 0.583. The van der Waals surface area contributed by atoms with Crippen LogP contribution in [0.5, 0.6) is 0 Å². The number of hydrogen-bond acceptors (Lipinski definition) is 6. The SMILES string of the molecule is c1ccc(Cc2noc(CN3CCC4(CC3)CC4c3nnc4n3CCCCC4)n2)cc1. The van der Waals surface area contributed by atoms with E-state index in [1.54, 1.807) is 0 Å². The summed E-state index contributed by atoms with van der Waals surface area (Å²) in [6.45, 7) is 4.05. The lowest BCUT2D eigenvalue weighted by atomic mass is 9.90. The second-order valence-corrected chi connectivity index (χ2v) is 9.60. The Morgan fingerprint density at radius 3 is 2.74 bits per heavy atom. The van der Waals surface area contributed by atoms with Gasteiger partial charge in [0.15, 0.2) is 5.82 Å². The third-order valence-electron chi connectivity index (χ3n) is 7.57. The van der Waals surface area contributed by atoms with Gasteiger partial charge in [0.1, 0.15) is 11.6 Å². The fourth-order valence-electron chi connectivity index (χ4n) is 5.58. The van der Waals surface area contributed by atoms with Crippen LogP contribution < -0.4 is 0 Å². The quantitative estimate of drug-likeness (QED) is 0.628. The highest BCUT2D eigenvalue weighted by Gasteiger charge is 2.57. The highest BCUT2D eigenvalue weighted by molar-refractivity contribution is 5.21. The van der Waals surface area contributed by atoms with Crippen molar-refractivity contribution in [1.82, 2.24) is 29.8 Å². The van der Waals surface area contributed by atoms with Crippen LogP contribution in [0.3, 0.4) is 0 Å². The molecule has 2 fully saturated rings. The van der Waals surface area contributed by atoms with E-state index in [1.165, 1.54) is 55.7 Å². The maximum absolute atomic E-state index is 5.54. The Morgan fingerprint density at radius 1 is 1.00 bits per heavy atom. The molecule has 1 aromatic carbocycles. The van der Waals surface area contributed by atoms with Gasteiger partial charge >= 0.3 is 0 Å². The van der Waals surface area contributed by atoms with E-state index in [0.29, 0.717) is 11.3 Å². The first-order valence-corrected chi connectivity index (χ1v) is 11.8. The molecule has 0 N–H and O–H groups in total. The molecule has 7 nitrogen and oxygen atoms in total. The van der Waals surface area contributed by atoms with Gasteiger partial charge < -0.3 is 9.09 Å². The molecule has 3 aliphatic rings. The number of fused-ring (bicyclic) bond motifs is 1. The summed E-state index contributed by atoms with van der Waals surface area (Å²) >= 11 is 0. The molecule has 0 bridgehead atoms. The lowest BCUT2D eigenvalue weighted by Crippen LogP contribution is -2.34. The molecule has 2 aliphatic heterocycles. The molecule has 0 amide bonds. The second kappa shape index (κ2) is 7.86. The average molecular weight is 419 g/mol. The zero-order chi connectivity index (χ0) is 20.7. The molecule has 6 rings (SSSR count). The van der Waals surface area contributed by atoms with Crippen LogP contribution >= 0.6 is 0 Å². The number of rotatable bonds is 5. The van der Waals surface area contributed by atoms with Gasteiger partial charge in [-0.05, 0) is 56.2 Å². The number of aromatic nitrogens is 5. The number of aryl methyl sites for hydroxylation is 1. The molecule has 7 heteroatoms.